The van der Waals surface area contributed by atoms with Gasteiger partial charge in [0, 0.05) is 5.54 Å². The van der Waals surface area contributed by atoms with Crippen LogP contribution in [-0.4, -0.2) is 5.54 Å². The Morgan fingerprint density at radius 2 is 1.57 bits per heavy atom. The molecule has 0 aromatic carbocycles. The molecule has 2 N–H and O–H groups in total. The molecule has 78 valence electrons. The molecule has 1 nitrogen and oxygen atoms in total. The lowest BCUT2D eigenvalue weighted by molar-refractivity contribution is -0.0536. The zero-order valence-corrected chi connectivity index (χ0v) is 8.91. The quantitative estimate of drug-likeness (QED) is 0.667. The molecule has 0 amide bonds. The lowest BCUT2D eigenvalue weighted by Gasteiger charge is -2.59. The Morgan fingerprint density at radius 3 is 2.00 bits per heavy atom. The number of hydrogen-bond acceptors (Lipinski definition) is 1. The van der Waals surface area contributed by atoms with E-state index in [0.717, 1.165) is 30.1 Å². The van der Waals surface area contributed by atoms with Crippen molar-refractivity contribution in [2.45, 2.75) is 44.1 Å². The van der Waals surface area contributed by atoms with Crippen LogP contribution in [0.15, 0.2) is 12.7 Å². The van der Waals surface area contributed by atoms with Gasteiger partial charge in [0.1, 0.15) is 0 Å². The van der Waals surface area contributed by atoms with Gasteiger partial charge in [-0.05, 0) is 62.2 Å². The van der Waals surface area contributed by atoms with Crippen molar-refractivity contribution in [2.24, 2.45) is 29.4 Å². The van der Waals surface area contributed by atoms with Gasteiger partial charge in [-0.3, -0.25) is 0 Å². The average molecular weight is 191 g/mol. The van der Waals surface area contributed by atoms with Crippen LogP contribution >= 0.6 is 0 Å². The topological polar surface area (TPSA) is 26.0 Å². The van der Waals surface area contributed by atoms with Crippen molar-refractivity contribution in [1.82, 2.24) is 0 Å². The Bertz CT molecular complexity index is 228. The first kappa shape index (κ1) is 8.96. The summed E-state index contributed by atoms with van der Waals surface area (Å²) in [7, 11) is 0. The highest BCUT2D eigenvalue weighted by Crippen LogP contribution is 2.58. The van der Waals surface area contributed by atoms with E-state index in [9.17, 15) is 0 Å². The van der Waals surface area contributed by atoms with Crippen molar-refractivity contribution < 1.29 is 0 Å². The van der Waals surface area contributed by atoms with Gasteiger partial charge in [0.15, 0.2) is 0 Å². The molecule has 1 heteroatoms. The highest BCUT2D eigenvalue weighted by Gasteiger charge is 2.54. The third-order valence-corrected chi connectivity index (χ3v) is 5.16. The van der Waals surface area contributed by atoms with Crippen LogP contribution in [0.3, 0.4) is 0 Å². The number of hydrogen-bond donors (Lipinski definition) is 1. The summed E-state index contributed by atoms with van der Waals surface area (Å²) in [5, 5.41) is 0. The molecule has 4 aliphatic rings. The lowest BCUT2D eigenvalue weighted by atomic mass is 9.48. The van der Waals surface area contributed by atoms with Crippen LogP contribution < -0.4 is 5.73 Å². The lowest BCUT2D eigenvalue weighted by Crippen LogP contribution is -2.62. The van der Waals surface area contributed by atoms with Crippen molar-refractivity contribution in [3.8, 4) is 0 Å². The molecule has 4 fully saturated rings. The first-order valence-electron chi connectivity index (χ1n) is 6.12. The predicted octanol–water partition coefficient (Wildman–Crippen LogP) is 2.72. The second kappa shape index (κ2) is 2.85. The summed E-state index contributed by atoms with van der Waals surface area (Å²) >= 11 is 0. The van der Waals surface area contributed by atoms with Crippen LogP contribution in [0.5, 0.6) is 0 Å². The molecule has 4 bridgehead atoms. The summed E-state index contributed by atoms with van der Waals surface area (Å²) in [4.78, 5) is 0. The molecule has 0 spiro atoms. The Morgan fingerprint density at radius 1 is 1.07 bits per heavy atom. The molecule has 0 aliphatic heterocycles. The fourth-order valence-electron chi connectivity index (χ4n) is 4.65. The minimum Gasteiger partial charge on any atom is -0.324 e. The molecule has 0 radical (unpaired) electrons. The second-order valence-electron chi connectivity index (χ2n) is 5.91. The van der Waals surface area contributed by atoms with Gasteiger partial charge in [-0.2, -0.15) is 0 Å². The van der Waals surface area contributed by atoms with E-state index in [0.29, 0.717) is 0 Å². The van der Waals surface area contributed by atoms with Crippen LogP contribution in [-0.2, 0) is 0 Å². The van der Waals surface area contributed by atoms with E-state index < -0.39 is 0 Å². The number of nitrogens with two attached hydrogens (primary N) is 1. The van der Waals surface area contributed by atoms with Gasteiger partial charge in [0.05, 0.1) is 0 Å². The first-order chi connectivity index (χ1) is 6.72. The van der Waals surface area contributed by atoms with Crippen molar-refractivity contribution in [3.63, 3.8) is 0 Å². The summed E-state index contributed by atoms with van der Waals surface area (Å²) in [5.74, 6) is 3.69. The van der Waals surface area contributed by atoms with Crippen LogP contribution in [0.4, 0.5) is 0 Å². The Hall–Kier alpha value is -0.300. The van der Waals surface area contributed by atoms with Crippen LogP contribution in [0, 0.1) is 23.7 Å². The molecule has 4 rings (SSSR count). The Labute approximate surface area is 86.8 Å². The van der Waals surface area contributed by atoms with Gasteiger partial charge >= 0.3 is 0 Å². The monoisotopic (exact) mass is 191 g/mol. The largest absolute Gasteiger partial charge is 0.324 e. The third-order valence-electron chi connectivity index (χ3n) is 5.16. The molecule has 0 saturated heterocycles. The van der Waals surface area contributed by atoms with Crippen molar-refractivity contribution in [2.75, 3.05) is 0 Å². The summed E-state index contributed by atoms with van der Waals surface area (Å²) < 4.78 is 0. The van der Waals surface area contributed by atoms with Gasteiger partial charge < -0.3 is 5.73 Å². The van der Waals surface area contributed by atoms with Gasteiger partial charge in [-0.15, -0.1) is 6.58 Å². The highest BCUT2D eigenvalue weighted by molar-refractivity contribution is 5.11. The zero-order chi connectivity index (χ0) is 9.76. The fraction of sp³-hybridized carbons (Fsp3) is 0.846. The standard InChI is InChI=1S/C13H21N/c1-2-3-13(14)11-5-9-4-10(7-11)8-12(13)6-9/h2,9-12H,1,3-8,14H2. The van der Waals surface area contributed by atoms with E-state index in [1.165, 1.54) is 32.1 Å². The highest BCUT2D eigenvalue weighted by atomic mass is 14.8. The Balaban J connectivity index is 1.90. The normalized spacial score (nSPS) is 54.9. The molecule has 4 saturated carbocycles. The van der Waals surface area contributed by atoms with Crippen molar-refractivity contribution >= 4 is 0 Å². The van der Waals surface area contributed by atoms with Gasteiger partial charge in [0.2, 0.25) is 0 Å². The molecular formula is C13H21N. The smallest absolute Gasteiger partial charge is 0.0246 e. The summed E-state index contributed by atoms with van der Waals surface area (Å²) in [6.45, 7) is 3.88. The average Bonchev–Trinajstić information content (AvgIpc) is 2.14. The third kappa shape index (κ3) is 1.05. The van der Waals surface area contributed by atoms with Crippen LogP contribution in [0.1, 0.15) is 38.5 Å². The van der Waals surface area contributed by atoms with E-state index >= 15 is 0 Å². The van der Waals surface area contributed by atoms with Gasteiger partial charge in [-0.1, -0.05) is 6.08 Å². The maximum Gasteiger partial charge on any atom is 0.0246 e. The van der Waals surface area contributed by atoms with E-state index in [4.69, 9.17) is 5.73 Å². The van der Waals surface area contributed by atoms with E-state index in [1.807, 2.05) is 6.08 Å². The number of rotatable bonds is 2. The van der Waals surface area contributed by atoms with E-state index in [-0.39, 0.29) is 5.54 Å². The SMILES string of the molecule is C=CCC1(N)C2CC3CC(C2)CC1C3. The molecular weight excluding hydrogens is 170 g/mol. The Kier molecular flexibility index (Phi) is 1.82. The summed E-state index contributed by atoms with van der Waals surface area (Å²) in [5.41, 5.74) is 6.76. The molecule has 0 aromatic heterocycles. The zero-order valence-electron chi connectivity index (χ0n) is 8.91. The van der Waals surface area contributed by atoms with Gasteiger partial charge in [0.25, 0.3) is 0 Å². The maximum absolute atomic E-state index is 6.63. The van der Waals surface area contributed by atoms with E-state index in [1.54, 1.807) is 0 Å². The fourth-order valence-corrected chi connectivity index (χ4v) is 4.65. The molecule has 0 aromatic rings. The minimum absolute atomic E-state index is 0.134. The first-order valence-corrected chi connectivity index (χ1v) is 6.12. The molecule has 0 heterocycles. The summed E-state index contributed by atoms with van der Waals surface area (Å²) in [6, 6.07) is 0. The van der Waals surface area contributed by atoms with Crippen molar-refractivity contribution in [1.29, 1.82) is 0 Å². The van der Waals surface area contributed by atoms with Crippen LogP contribution in [0.2, 0.25) is 0 Å². The summed E-state index contributed by atoms with van der Waals surface area (Å²) in [6.07, 6.45) is 10.3. The van der Waals surface area contributed by atoms with Crippen molar-refractivity contribution in [3.05, 3.63) is 12.7 Å². The maximum atomic E-state index is 6.63. The predicted molar refractivity (Wildman–Crippen MR) is 58.8 cm³/mol. The molecule has 14 heavy (non-hydrogen) atoms. The minimum atomic E-state index is 0.134. The second-order valence-corrected chi connectivity index (χ2v) is 5.91. The van der Waals surface area contributed by atoms with Gasteiger partial charge in [-0.25, -0.2) is 0 Å². The molecule has 0 atom stereocenters. The molecule has 0 unspecified atom stereocenters. The van der Waals surface area contributed by atoms with E-state index in [2.05, 4.69) is 6.58 Å². The van der Waals surface area contributed by atoms with Crippen LogP contribution in [0.25, 0.3) is 0 Å². The molecule has 4 aliphatic carbocycles.